The van der Waals surface area contributed by atoms with Gasteiger partial charge in [-0.1, -0.05) is 6.92 Å². The molecule has 1 amide bonds. The summed E-state index contributed by atoms with van der Waals surface area (Å²) in [6.45, 7) is 7.67. The van der Waals surface area contributed by atoms with Crippen molar-refractivity contribution >= 4 is 16.9 Å². The van der Waals surface area contributed by atoms with Crippen LogP contribution in [-0.4, -0.2) is 38.7 Å². The normalized spacial score (nSPS) is 18.6. The smallest absolute Gasteiger partial charge is 0.273 e. The summed E-state index contributed by atoms with van der Waals surface area (Å²) in [6.07, 6.45) is 2.58. The molecule has 3 heterocycles. The molecule has 1 aliphatic rings. The zero-order chi connectivity index (χ0) is 16.7. The second-order valence-electron chi connectivity index (χ2n) is 6.76. The number of carbonyl (C=O) groups is 1. The van der Waals surface area contributed by atoms with E-state index in [0.29, 0.717) is 23.4 Å². The number of nitrogens with zero attached hydrogens (tertiary/aromatic N) is 3. The number of aromatic amines is 1. The van der Waals surface area contributed by atoms with Crippen molar-refractivity contribution in [1.82, 2.24) is 19.7 Å². The molecule has 1 saturated heterocycles. The number of nitrogens with one attached hydrogen (secondary N) is 1. The third kappa shape index (κ3) is 2.78. The Bertz CT molecular complexity index is 818. The standard InChI is InChI=1S/C17H24N4O2/c1-10-6-5-7-21(9-10)14(22)8-13-11(2)15-16(18-12(13)3)20(4)19-17(15)23/h10H,5-9H2,1-4H3,(H,19,23). The summed E-state index contributed by atoms with van der Waals surface area (Å²) in [5.74, 6) is 0.698. The number of hydrogen-bond acceptors (Lipinski definition) is 3. The minimum Gasteiger partial charge on any atom is -0.342 e. The first kappa shape index (κ1) is 15.8. The lowest BCUT2D eigenvalue weighted by Crippen LogP contribution is -2.40. The van der Waals surface area contributed by atoms with E-state index in [9.17, 15) is 9.59 Å². The lowest BCUT2D eigenvalue weighted by molar-refractivity contribution is -0.132. The Labute approximate surface area is 135 Å². The molecule has 6 heteroatoms. The predicted octanol–water partition coefficient (Wildman–Crippen LogP) is 1.68. The average molecular weight is 316 g/mol. The molecule has 1 fully saturated rings. The minimum absolute atomic E-state index is 0.135. The van der Waals surface area contributed by atoms with Crippen LogP contribution in [0.5, 0.6) is 0 Å². The van der Waals surface area contributed by atoms with Gasteiger partial charge in [0.05, 0.1) is 11.8 Å². The largest absolute Gasteiger partial charge is 0.342 e. The van der Waals surface area contributed by atoms with Crippen LogP contribution in [0.3, 0.4) is 0 Å². The molecule has 6 nitrogen and oxygen atoms in total. The van der Waals surface area contributed by atoms with Crippen molar-refractivity contribution < 1.29 is 4.79 Å². The van der Waals surface area contributed by atoms with Crippen molar-refractivity contribution in [3.63, 3.8) is 0 Å². The fourth-order valence-electron chi connectivity index (χ4n) is 3.59. The molecule has 0 aromatic carbocycles. The summed E-state index contributed by atoms with van der Waals surface area (Å²) in [4.78, 5) is 31.2. The van der Waals surface area contributed by atoms with Gasteiger partial charge in [0.25, 0.3) is 5.56 Å². The van der Waals surface area contributed by atoms with Gasteiger partial charge in [-0.05, 0) is 43.7 Å². The number of fused-ring (bicyclic) bond motifs is 1. The summed E-state index contributed by atoms with van der Waals surface area (Å²) in [5.41, 5.74) is 3.08. The van der Waals surface area contributed by atoms with Crippen LogP contribution in [0.15, 0.2) is 4.79 Å². The zero-order valence-electron chi connectivity index (χ0n) is 14.3. The van der Waals surface area contributed by atoms with Crippen LogP contribution in [-0.2, 0) is 18.3 Å². The number of carbonyl (C=O) groups excluding carboxylic acids is 1. The van der Waals surface area contributed by atoms with E-state index in [1.165, 1.54) is 6.42 Å². The van der Waals surface area contributed by atoms with Crippen molar-refractivity contribution in [2.45, 2.75) is 40.0 Å². The van der Waals surface area contributed by atoms with Gasteiger partial charge in [0.1, 0.15) is 0 Å². The van der Waals surface area contributed by atoms with Gasteiger partial charge in [0.2, 0.25) is 5.91 Å². The Hall–Kier alpha value is -2.11. The molecule has 23 heavy (non-hydrogen) atoms. The van der Waals surface area contributed by atoms with E-state index in [1.54, 1.807) is 11.7 Å². The maximum Gasteiger partial charge on any atom is 0.273 e. The molecule has 2 aromatic heterocycles. The number of aromatic nitrogens is 3. The fraction of sp³-hybridized carbons (Fsp3) is 0.588. The molecular formula is C17H24N4O2. The van der Waals surface area contributed by atoms with Crippen molar-refractivity contribution in [1.29, 1.82) is 0 Å². The topological polar surface area (TPSA) is 71.0 Å². The van der Waals surface area contributed by atoms with Crippen LogP contribution in [0.1, 0.15) is 36.6 Å². The Balaban J connectivity index is 1.95. The van der Waals surface area contributed by atoms with E-state index in [1.807, 2.05) is 18.7 Å². The molecule has 2 aromatic rings. The van der Waals surface area contributed by atoms with Crippen LogP contribution < -0.4 is 5.56 Å². The van der Waals surface area contributed by atoms with E-state index < -0.39 is 0 Å². The molecular weight excluding hydrogens is 292 g/mol. The monoisotopic (exact) mass is 316 g/mol. The number of hydrogen-bond donors (Lipinski definition) is 1. The van der Waals surface area contributed by atoms with Crippen molar-refractivity contribution in [3.05, 3.63) is 27.2 Å². The molecule has 0 aliphatic carbocycles. The second-order valence-corrected chi connectivity index (χ2v) is 6.76. The molecule has 0 spiro atoms. The molecule has 0 bridgehead atoms. The van der Waals surface area contributed by atoms with E-state index in [2.05, 4.69) is 17.0 Å². The quantitative estimate of drug-likeness (QED) is 0.916. The predicted molar refractivity (Wildman–Crippen MR) is 89.5 cm³/mol. The first-order chi connectivity index (χ1) is 10.9. The number of piperidine rings is 1. The Kier molecular flexibility index (Phi) is 4.00. The minimum atomic E-state index is -0.146. The van der Waals surface area contributed by atoms with Gasteiger partial charge in [-0.3, -0.25) is 19.4 Å². The van der Waals surface area contributed by atoms with Gasteiger partial charge in [-0.25, -0.2) is 4.98 Å². The van der Waals surface area contributed by atoms with E-state index in [4.69, 9.17) is 0 Å². The average Bonchev–Trinajstić information content (AvgIpc) is 2.77. The molecule has 124 valence electrons. The second kappa shape index (κ2) is 5.83. The van der Waals surface area contributed by atoms with Crippen LogP contribution >= 0.6 is 0 Å². The third-order valence-corrected chi connectivity index (χ3v) is 4.91. The molecule has 3 rings (SSSR count). The van der Waals surface area contributed by atoms with E-state index in [-0.39, 0.29) is 11.5 Å². The fourth-order valence-corrected chi connectivity index (χ4v) is 3.59. The third-order valence-electron chi connectivity index (χ3n) is 4.91. The van der Waals surface area contributed by atoms with Crippen LogP contribution in [0.25, 0.3) is 11.0 Å². The van der Waals surface area contributed by atoms with Gasteiger partial charge in [-0.15, -0.1) is 0 Å². The SMILES string of the molecule is Cc1nc2c(c(C)c1CC(=O)N1CCCC(C)C1)c(=O)[nH]n2C. The van der Waals surface area contributed by atoms with Crippen LogP contribution in [0.4, 0.5) is 0 Å². The van der Waals surface area contributed by atoms with Gasteiger partial charge in [-0.2, -0.15) is 0 Å². The first-order valence-corrected chi connectivity index (χ1v) is 8.21. The lowest BCUT2D eigenvalue weighted by Gasteiger charge is -2.31. The number of aryl methyl sites for hydroxylation is 3. The molecule has 0 saturated carbocycles. The highest BCUT2D eigenvalue weighted by Crippen LogP contribution is 2.22. The number of pyridine rings is 1. The van der Waals surface area contributed by atoms with Crippen LogP contribution in [0, 0.1) is 19.8 Å². The molecule has 1 unspecified atom stereocenters. The maximum atomic E-state index is 12.7. The highest BCUT2D eigenvalue weighted by molar-refractivity contribution is 5.84. The van der Waals surface area contributed by atoms with Gasteiger partial charge in [0.15, 0.2) is 5.65 Å². The summed E-state index contributed by atoms with van der Waals surface area (Å²) >= 11 is 0. The van der Waals surface area contributed by atoms with Gasteiger partial charge in [0, 0.05) is 25.8 Å². The molecule has 1 N–H and O–H groups in total. The van der Waals surface area contributed by atoms with Crippen molar-refractivity contribution in [2.24, 2.45) is 13.0 Å². The van der Waals surface area contributed by atoms with Crippen molar-refractivity contribution in [3.8, 4) is 0 Å². The Morgan fingerprint density at radius 2 is 2.13 bits per heavy atom. The maximum absolute atomic E-state index is 12.7. The zero-order valence-corrected chi connectivity index (χ0v) is 14.3. The Morgan fingerprint density at radius 1 is 1.39 bits per heavy atom. The molecule has 1 aliphatic heterocycles. The number of rotatable bonds is 2. The summed E-state index contributed by atoms with van der Waals surface area (Å²) in [5, 5.41) is 3.33. The van der Waals surface area contributed by atoms with Crippen LogP contribution in [0.2, 0.25) is 0 Å². The highest BCUT2D eigenvalue weighted by atomic mass is 16.2. The first-order valence-electron chi connectivity index (χ1n) is 8.21. The summed E-state index contributed by atoms with van der Waals surface area (Å²) in [7, 11) is 1.77. The summed E-state index contributed by atoms with van der Waals surface area (Å²) in [6, 6.07) is 0. The Morgan fingerprint density at radius 3 is 2.83 bits per heavy atom. The van der Waals surface area contributed by atoms with E-state index in [0.717, 1.165) is 36.3 Å². The molecule has 1 atom stereocenters. The van der Waals surface area contributed by atoms with Crippen molar-refractivity contribution in [2.75, 3.05) is 13.1 Å². The molecule has 0 radical (unpaired) electrons. The highest BCUT2D eigenvalue weighted by Gasteiger charge is 2.23. The van der Waals surface area contributed by atoms with Gasteiger partial charge < -0.3 is 4.90 Å². The summed E-state index contributed by atoms with van der Waals surface area (Å²) < 4.78 is 1.63. The van der Waals surface area contributed by atoms with E-state index >= 15 is 0 Å². The number of likely N-dealkylation sites (tertiary alicyclic amines) is 1. The number of amides is 1. The number of H-pyrrole nitrogens is 1. The lowest BCUT2D eigenvalue weighted by atomic mass is 9.98. The van der Waals surface area contributed by atoms with Gasteiger partial charge >= 0.3 is 0 Å².